The molecule has 1 aromatic heterocycles. The summed E-state index contributed by atoms with van der Waals surface area (Å²) in [6.07, 6.45) is 4.07. The van der Waals surface area contributed by atoms with Crippen molar-refractivity contribution in [2.75, 3.05) is 4.90 Å². The average Bonchev–Trinajstić information content (AvgIpc) is 3.57. The summed E-state index contributed by atoms with van der Waals surface area (Å²) < 4.78 is 6.89. The van der Waals surface area contributed by atoms with E-state index in [2.05, 4.69) is 181 Å². The van der Waals surface area contributed by atoms with Crippen molar-refractivity contribution >= 4 is 44.9 Å². The Balaban J connectivity index is 1.31. The number of fused-ring (bicyclic) bond motifs is 5. The van der Waals surface area contributed by atoms with Gasteiger partial charge < -0.3 is 9.32 Å². The van der Waals surface area contributed by atoms with Crippen LogP contribution in [0.3, 0.4) is 0 Å². The Bertz CT molecular complexity index is 2430. The molecule has 7 aromatic carbocycles. The van der Waals surface area contributed by atoms with Gasteiger partial charge in [-0.1, -0.05) is 140 Å². The van der Waals surface area contributed by atoms with E-state index < -0.39 is 0 Å². The first kappa shape index (κ1) is 28.1. The van der Waals surface area contributed by atoms with Gasteiger partial charge in [0.25, 0.3) is 0 Å². The molecule has 1 aliphatic carbocycles. The topological polar surface area (TPSA) is 16.4 Å². The van der Waals surface area contributed by atoms with Crippen molar-refractivity contribution in [3.8, 4) is 33.4 Å². The molecule has 0 saturated heterocycles. The van der Waals surface area contributed by atoms with Crippen molar-refractivity contribution < 1.29 is 4.42 Å². The summed E-state index contributed by atoms with van der Waals surface area (Å²) in [7, 11) is 0. The van der Waals surface area contributed by atoms with Crippen molar-refractivity contribution in [1.29, 1.82) is 0 Å². The maximum absolute atomic E-state index is 6.89. The van der Waals surface area contributed by atoms with Crippen molar-refractivity contribution in [3.63, 3.8) is 0 Å². The molecule has 9 rings (SSSR count). The third-order valence-corrected chi connectivity index (χ3v) is 9.53. The van der Waals surface area contributed by atoms with Crippen LogP contribution in [0, 0.1) is 0 Å². The Morgan fingerprint density at radius 2 is 0.979 bits per heavy atom. The van der Waals surface area contributed by atoms with Crippen LogP contribution in [0.2, 0.25) is 0 Å². The van der Waals surface area contributed by atoms with Crippen LogP contribution in [0.4, 0.5) is 11.4 Å². The van der Waals surface area contributed by atoms with Crippen molar-refractivity contribution in [3.05, 3.63) is 180 Å². The minimum atomic E-state index is 0.895. The molecule has 0 N–H and O–H groups in total. The maximum atomic E-state index is 6.89. The molecule has 0 atom stereocenters. The maximum Gasteiger partial charge on any atom is 0.143 e. The molecule has 0 radical (unpaired) electrons. The van der Waals surface area contributed by atoms with E-state index in [4.69, 9.17) is 4.42 Å². The van der Waals surface area contributed by atoms with Gasteiger partial charge in [0, 0.05) is 33.2 Å². The number of hydrogen-bond donors (Lipinski definition) is 0. The van der Waals surface area contributed by atoms with E-state index in [0.29, 0.717) is 0 Å². The highest BCUT2D eigenvalue weighted by Crippen LogP contribution is 2.38. The van der Waals surface area contributed by atoms with Gasteiger partial charge in [0.15, 0.2) is 0 Å². The second-order valence-electron chi connectivity index (χ2n) is 12.4. The van der Waals surface area contributed by atoms with E-state index >= 15 is 0 Å². The molecule has 2 heteroatoms. The van der Waals surface area contributed by atoms with Gasteiger partial charge in [-0.25, -0.2) is 0 Å². The van der Waals surface area contributed by atoms with Crippen LogP contribution in [0.25, 0.3) is 66.9 Å². The third kappa shape index (κ3) is 4.90. The van der Waals surface area contributed by atoms with E-state index in [1.165, 1.54) is 49.3 Å². The number of rotatable bonds is 6. The van der Waals surface area contributed by atoms with Crippen LogP contribution >= 0.6 is 0 Å². The monoisotopic (exact) mass is 615 g/mol. The fourth-order valence-electron chi connectivity index (χ4n) is 7.25. The van der Waals surface area contributed by atoms with Crippen LogP contribution in [0.1, 0.15) is 12.8 Å². The molecular weight excluding hydrogens is 583 g/mol. The first-order valence-corrected chi connectivity index (χ1v) is 16.7. The molecular formula is C46H33NO. The molecule has 1 heterocycles. The van der Waals surface area contributed by atoms with E-state index in [0.717, 1.165) is 46.3 Å². The van der Waals surface area contributed by atoms with Crippen LogP contribution in [-0.2, 0) is 0 Å². The van der Waals surface area contributed by atoms with Gasteiger partial charge in [-0.2, -0.15) is 0 Å². The van der Waals surface area contributed by atoms with E-state index in [-0.39, 0.29) is 0 Å². The second kappa shape index (κ2) is 11.9. The largest absolute Gasteiger partial charge is 0.456 e. The van der Waals surface area contributed by atoms with Gasteiger partial charge in [0.2, 0.25) is 0 Å². The standard InChI is InChI=1S/C46H33NO/c1-4-13-32(14-5-1)34-23-27-38(28-24-34)47(39-29-25-35(26-30-39)33-15-6-2-7-16-33)42-21-12-22-43-45(42)44-40-20-11-10-19-37(40)31-41(46(44)48-43)36-17-8-3-9-18-36/h1-11,13-20,22-31H,12,21H2. The third-order valence-electron chi connectivity index (χ3n) is 9.53. The van der Waals surface area contributed by atoms with Crippen LogP contribution in [0.5, 0.6) is 0 Å². The zero-order chi connectivity index (χ0) is 31.9. The Labute approximate surface area is 280 Å². The Morgan fingerprint density at radius 3 is 1.56 bits per heavy atom. The molecule has 0 amide bonds. The quantitative estimate of drug-likeness (QED) is 0.185. The minimum absolute atomic E-state index is 0.895. The lowest BCUT2D eigenvalue weighted by atomic mass is 9.95. The summed E-state index contributed by atoms with van der Waals surface area (Å²) in [5, 5.41) is 4.79. The number of furan rings is 1. The van der Waals surface area contributed by atoms with Gasteiger partial charge in [-0.15, -0.1) is 0 Å². The van der Waals surface area contributed by atoms with Gasteiger partial charge in [-0.3, -0.25) is 0 Å². The summed E-state index contributed by atoms with van der Waals surface area (Å²) >= 11 is 0. The molecule has 1 aliphatic rings. The molecule has 8 aromatic rings. The number of hydrogen-bond acceptors (Lipinski definition) is 2. The van der Waals surface area contributed by atoms with Gasteiger partial charge in [0.05, 0.1) is 0 Å². The smallest absolute Gasteiger partial charge is 0.143 e. The molecule has 0 fully saturated rings. The molecule has 0 aliphatic heterocycles. The SMILES string of the molecule is C1=c2oc3c(-c4ccccc4)cc4ccccc4c3c2=C(N(c2ccc(-c3ccccc3)cc2)c2ccc(-c3ccccc3)cc2)CC1. The number of benzene rings is 7. The minimum Gasteiger partial charge on any atom is -0.456 e. The Hall–Kier alpha value is -6.12. The Kier molecular flexibility index (Phi) is 6.98. The lowest BCUT2D eigenvalue weighted by Gasteiger charge is -2.29. The van der Waals surface area contributed by atoms with E-state index in [1.807, 2.05) is 0 Å². The van der Waals surface area contributed by atoms with Crippen LogP contribution in [-0.4, -0.2) is 0 Å². The zero-order valence-electron chi connectivity index (χ0n) is 26.5. The fraction of sp³-hybridized carbons (Fsp3) is 0.0435. The van der Waals surface area contributed by atoms with Gasteiger partial charge in [-0.05, 0) is 87.8 Å². The molecule has 0 spiro atoms. The van der Waals surface area contributed by atoms with Crippen LogP contribution < -0.4 is 15.5 Å². The normalized spacial score (nSPS) is 12.5. The summed E-state index contributed by atoms with van der Waals surface area (Å²) in [6, 6.07) is 60.8. The van der Waals surface area contributed by atoms with Gasteiger partial charge >= 0.3 is 0 Å². The van der Waals surface area contributed by atoms with Crippen molar-refractivity contribution in [2.45, 2.75) is 12.8 Å². The van der Waals surface area contributed by atoms with Gasteiger partial charge in [0.1, 0.15) is 11.0 Å². The van der Waals surface area contributed by atoms with Crippen molar-refractivity contribution in [2.24, 2.45) is 0 Å². The molecule has 48 heavy (non-hydrogen) atoms. The summed E-state index contributed by atoms with van der Waals surface area (Å²) in [6.45, 7) is 0. The lowest BCUT2D eigenvalue weighted by Crippen LogP contribution is -2.33. The number of nitrogens with zero attached hydrogens (tertiary/aromatic N) is 1. The molecule has 0 bridgehead atoms. The first-order valence-electron chi connectivity index (χ1n) is 16.7. The Morgan fingerprint density at radius 1 is 0.479 bits per heavy atom. The fourth-order valence-corrected chi connectivity index (χ4v) is 7.25. The summed E-state index contributed by atoms with van der Waals surface area (Å²) in [5.41, 5.74) is 12.5. The molecule has 2 nitrogen and oxygen atoms in total. The predicted molar refractivity (Wildman–Crippen MR) is 201 cm³/mol. The highest BCUT2D eigenvalue weighted by Gasteiger charge is 2.23. The van der Waals surface area contributed by atoms with E-state index in [1.54, 1.807) is 0 Å². The zero-order valence-corrected chi connectivity index (χ0v) is 26.5. The highest BCUT2D eigenvalue weighted by atomic mass is 16.3. The summed E-state index contributed by atoms with van der Waals surface area (Å²) in [5.74, 6) is 0. The van der Waals surface area contributed by atoms with Crippen LogP contribution in [0.15, 0.2) is 174 Å². The lowest BCUT2D eigenvalue weighted by molar-refractivity contribution is 0.571. The highest BCUT2D eigenvalue weighted by molar-refractivity contribution is 6.13. The number of anilines is 2. The molecule has 0 saturated carbocycles. The van der Waals surface area contributed by atoms with Crippen molar-refractivity contribution in [1.82, 2.24) is 0 Å². The second-order valence-corrected chi connectivity index (χ2v) is 12.4. The van der Waals surface area contributed by atoms with E-state index in [9.17, 15) is 0 Å². The predicted octanol–water partition coefficient (Wildman–Crippen LogP) is 11.1. The molecule has 228 valence electrons. The summed E-state index contributed by atoms with van der Waals surface area (Å²) in [4.78, 5) is 2.45. The average molecular weight is 616 g/mol. The molecule has 0 unspecified atom stereocenters. The first-order chi connectivity index (χ1) is 23.8.